The first-order valence-corrected chi connectivity index (χ1v) is 11.8. The normalized spacial score (nSPS) is 16.9. The summed E-state index contributed by atoms with van der Waals surface area (Å²) in [6.45, 7) is 5.86. The van der Waals surface area contributed by atoms with Crippen LogP contribution in [-0.2, 0) is 9.47 Å². The number of rotatable bonds is 11. The Morgan fingerprint density at radius 2 is 1.81 bits per heavy atom. The molecule has 0 radical (unpaired) electrons. The van der Waals surface area contributed by atoms with Crippen molar-refractivity contribution in [1.82, 2.24) is 0 Å². The van der Waals surface area contributed by atoms with Crippen molar-refractivity contribution in [1.29, 1.82) is 0 Å². The van der Waals surface area contributed by atoms with E-state index in [2.05, 4.69) is 6.58 Å². The van der Waals surface area contributed by atoms with E-state index in [1.807, 2.05) is 19.1 Å². The minimum Gasteiger partial charge on any atom is -0.497 e. The van der Waals surface area contributed by atoms with Crippen LogP contribution in [0.3, 0.4) is 0 Å². The van der Waals surface area contributed by atoms with Crippen molar-refractivity contribution in [2.75, 3.05) is 20.8 Å². The lowest BCUT2D eigenvalue weighted by Crippen LogP contribution is -2.07. The maximum Gasteiger partial charge on any atom is 0.167 e. The summed E-state index contributed by atoms with van der Waals surface area (Å²) in [7, 11) is 2.98. The average molecular weight is 497 g/mol. The van der Waals surface area contributed by atoms with Gasteiger partial charge in [0.1, 0.15) is 17.6 Å². The van der Waals surface area contributed by atoms with Gasteiger partial charge >= 0.3 is 0 Å². The lowest BCUT2D eigenvalue weighted by Gasteiger charge is -2.19. The Bertz CT molecular complexity index is 1180. The minimum absolute atomic E-state index is 0.0620. The van der Waals surface area contributed by atoms with Gasteiger partial charge in [-0.15, -0.1) is 6.58 Å². The largest absolute Gasteiger partial charge is 0.497 e. The van der Waals surface area contributed by atoms with Crippen molar-refractivity contribution in [3.63, 3.8) is 0 Å². The van der Waals surface area contributed by atoms with E-state index in [0.29, 0.717) is 17.7 Å². The number of halogens is 3. The van der Waals surface area contributed by atoms with Crippen molar-refractivity contribution in [2.45, 2.75) is 25.9 Å². The molecule has 0 spiro atoms. The average Bonchev–Trinajstić information content (AvgIpc) is 2.90. The predicted molar refractivity (Wildman–Crippen MR) is 137 cm³/mol. The van der Waals surface area contributed by atoms with Crippen LogP contribution in [0.5, 0.6) is 5.75 Å². The number of methoxy groups -OCH3 is 2. The molecule has 0 heterocycles. The summed E-state index contributed by atoms with van der Waals surface area (Å²) in [5.74, 6) is -1.56. The van der Waals surface area contributed by atoms with Gasteiger partial charge in [-0.1, -0.05) is 55.5 Å². The van der Waals surface area contributed by atoms with E-state index in [9.17, 15) is 13.2 Å². The monoisotopic (exact) mass is 496 g/mol. The van der Waals surface area contributed by atoms with Crippen molar-refractivity contribution < 1.29 is 27.4 Å². The Kier molecular flexibility index (Phi) is 9.77. The van der Waals surface area contributed by atoms with Gasteiger partial charge in [0.25, 0.3) is 0 Å². The molecule has 0 aromatic heterocycles. The van der Waals surface area contributed by atoms with Crippen LogP contribution in [0.4, 0.5) is 13.2 Å². The summed E-state index contributed by atoms with van der Waals surface area (Å²) in [4.78, 5) is 0. The molecule has 2 aromatic carbocycles. The molecule has 1 aliphatic carbocycles. The van der Waals surface area contributed by atoms with Gasteiger partial charge in [0.05, 0.1) is 20.8 Å². The fraction of sp³-hybridized carbons (Fsp3) is 0.267. The highest BCUT2D eigenvalue weighted by atomic mass is 19.2. The highest BCUT2D eigenvalue weighted by Crippen LogP contribution is 2.32. The number of allylic oxidation sites excluding steroid dienone is 6. The third-order valence-electron chi connectivity index (χ3n) is 5.94. The third-order valence-corrected chi connectivity index (χ3v) is 5.94. The Hall–Kier alpha value is -3.51. The van der Waals surface area contributed by atoms with Gasteiger partial charge in [-0.3, -0.25) is 0 Å². The van der Waals surface area contributed by atoms with Gasteiger partial charge < -0.3 is 14.2 Å². The molecular formula is C30H31F3O3. The molecule has 0 fully saturated rings. The number of hydrogen-bond donors (Lipinski definition) is 0. The van der Waals surface area contributed by atoms with Crippen LogP contribution in [0.25, 0.3) is 11.1 Å². The van der Waals surface area contributed by atoms with E-state index in [0.717, 1.165) is 12.0 Å². The zero-order chi connectivity index (χ0) is 26.1. The molecule has 0 bridgehead atoms. The maximum atomic E-state index is 15.0. The summed E-state index contributed by atoms with van der Waals surface area (Å²) in [5, 5.41) is 0. The van der Waals surface area contributed by atoms with Gasteiger partial charge in [-0.25, -0.2) is 13.2 Å². The highest BCUT2D eigenvalue weighted by Gasteiger charge is 2.21. The molecule has 1 aliphatic rings. The molecule has 190 valence electrons. The highest BCUT2D eigenvalue weighted by molar-refractivity contribution is 5.65. The first-order chi connectivity index (χ1) is 17.4. The molecule has 2 aromatic rings. The first kappa shape index (κ1) is 27.1. The van der Waals surface area contributed by atoms with Crippen molar-refractivity contribution in [3.05, 3.63) is 114 Å². The molecule has 2 unspecified atom stereocenters. The van der Waals surface area contributed by atoms with E-state index in [-0.39, 0.29) is 35.2 Å². The van der Waals surface area contributed by atoms with Crippen LogP contribution in [0.15, 0.2) is 96.6 Å². The summed E-state index contributed by atoms with van der Waals surface area (Å²) in [6, 6.07) is 9.75. The van der Waals surface area contributed by atoms with Crippen LogP contribution < -0.4 is 4.74 Å². The third kappa shape index (κ3) is 6.38. The molecule has 0 saturated heterocycles. The molecule has 0 saturated carbocycles. The summed E-state index contributed by atoms with van der Waals surface area (Å²) in [5.41, 5.74) is 1.69. The maximum absolute atomic E-state index is 15.0. The molecule has 0 amide bonds. The van der Waals surface area contributed by atoms with Crippen LogP contribution in [0.2, 0.25) is 0 Å². The Balaban J connectivity index is 1.70. The predicted octanol–water partition coefficient (Wildman–Crippen LogP) is 8.18. The van der Waals surface area contributed by atoms with E-state index in [1.54, 1.807) is 42.5 Å². The summed E-state index contributed by atoms with van der Waals surface area (Å²) in [6.07, 6.45) is 10.9. The lowest BCUT2D eigenvalue weighted by molar-refractivity contribution is 0.107. The Labute approximate surface area is 210 Å². The number of benzene rings is 2. The molecule has 0 N–H and O–H groups in total. The van der Waals surface area contributed by atoms with E-state index in [1.165, 1.54) is 32.4 Å². The van der Waals surface area contributed by atoms with Gasteiger partial charge in [0, 0.05) is 17.0 Å². The molecule has 2 atom stereocenters. The number of ether oxygens (including phenoxy) is 3. The van der Waals surface area contributed by atoms with Crippen molar-refractivity contribution in [3.8, 4) is 16.9 Å². The number of hydrogen-bond acceptors (Lipinski definition) is 3. The van der Waals surface area contributed by atoms with E-state index >= 15 is 0 Å². The summed E-state index contributed by atoms with van der Waals surface area (Å²) < 4.78 is 60.0. The fourth-order valence-electron chi connectivity index (χ4n) is 4.06. The second kappa shape index (κ2) is 13.0. The molecular weight excluding hydrogens is 465 g/mol. The van der Waals surface area contributed by atoms with Gasteiger partial charge in [-0.05, 0) is 48.3 Å². The van der Waals surface area contributed by atoms with Crippen LogP contribution >= 0.6 is 0 Å². The topological polar surface area (TPSA) is 27.7 Å². The molecule has 3 rings (SSSR count). The molecule has 0 aliphatic heterocycles. The van der Waals surface area contributed by atoms with E-state index in [4.69, 9.17) is 14.2 Å². The lowest BCUT2D eigenvalue weighted by atomic mass is 9.90. The van der Waals surface area contributed by atoms with Crippen LogP contribution in [0, 0.1) is 17.6 Å². The molecule has 3 nitrogen and oxygen atoms in total. The molecule has 36 heavy (non-hydrogen) atoms. The van der Waals surface area contributed by atoms with Gasteiger partial charge in [0.15, 0.2) is 17.5 Å². The van der Waals surface area contributed by atoms with Gasteiger partial charge in [0.2, 0.25) is 0 Å². The standard InChI is InChI=1S/C30H31F3O3/c1-5-8-20(22-12-17-28(35-4)26(31)19-22)9-7-18-36-27(6-2)25-16-15-24(29(32)30(25)33)21-10-13-23(34-3)14-11-21/h6-11,13-17,19,22,27H,2,5,12,18H2,1,3-4H3/b9-7-,20-8+. The fourth-order valence-corrected chi connectivity index (χ4v) is 4.06. The molecule has 6 heteroatoms. The zero-order valence-electron chi connectivity index (χ0n) is 20.8. The van der Waals surface area contributed by atoms with Crippen molar-refractivity contribution >= 4 is 0 Å². The smallest absolute Gasteiger partial charge is 0.167 e. The SMILES string of the molecule is C=CC(OC/C=C\C(=C/CC)C1C=C(F)C(OC)=CC1)c1ccc(-c2ccc(OC)cc2)c(F)c1F. The quantitative estimate of drug-likeness (QED) is 0.232. The second-order valence-corrected chi connectivity index (χ2v) is 8.19. The van der Waals surface area contributed by atoms with Crippen molar-refractivity contribution in [2.24, 2.45) is 5.92 Å². The first-order valence-electron chi connectivity index (χ1n) is 11.8. The van der Waals surface area contributed by atoms with Gasteiger partial charge in [-0.2, -0.15) is 0 Å². The minimum atomic E-state index is -0.979. The Morgan fingerprint density at radius 3 is 2.42 bits per heavy atom. The second-order valence-electron chi connectivity index (χ2n) is 8.19. The Morgan fingerprint density at radius 1 is 1.06 bits per heavy atom. The van der Waals surface area contributed by atoms with E-state index < -0.39 is 17.7 Å². The van der Waals surface area contributed by atoms with Crippen LogP contribution in [-0.4, -0.2) is 20.8 Å². The van der Waals surface area contributed by atoms with Crippen LogP contribution in [0.1, 0.15) is 31.4 Å². The summed E-state index contributed by atoms with van der Waals surface area (Å²) >= 11 is 0. The zero-order valence-corrected chi connectivity index (χ0v) is 20.8.